The molecule has 6 heteroatoms. The first-order valence-corrected chi connectivity index (χ1v) is 12.6. The molecule has 0 aromatic rings. The van der Waals surface area contributed by atoms with E-state index < -0.39 is 7.95 Å². The van der Waals surface area contributed by atoms with E-state index >= 15 is 0 Å². The molecule has 0 unspecified atom stereocenters. The van der Waals surface area contributed by atoms with Crippen molar-refractivity contribution in [3.8, 4) is 0 Å². The number of unbranched alkanes of at least 4 members (excludes halogenated alkanes) is 4. The Morgan fingerprint density at radius 1 is 0.783 bits per heavy atom. The predicted octanol–water partition coefficient (Wildman–Crippen LogP) is 4.97. The van der Waals surface area contributed by atoms with Crippen LogP contribution in [-0.2, 0) is 18.1 Å². The zero-order valence-corrected chi connectivity index (χ0v) is 17.3. The number of Topliss-reactive ketones (excluding diaryl/α,β-unsaturated/α-hetero) is 1. The average molecular weight is 365 g/mol. The highest BCUT2D eigenvalue weighted by Gasteiger charge is 2.41. The molecule has 0 heterocycles. The summed E-state index contributed by atoms with van der Waals surface area (Å²) in [6.45, 7) is 9.87. The van der Waals surface area contributed by atoms with Crippen LogP contribution in [0.4, 0.5) is 0 Å². The van der Waals surface area contributed by atoms with E-state index in [0.717, 1.165) is 25.0 Å². The molecule has 0 atom stereocenters. The lowest BCUT2D eigenvalue weighted by molar-refractivity contribution is -0.119. The third-order valence-electron chi connectivity index (χ3n) is 3.40. The van der Waals surface area contributed by atoms with Crippen LogP contribution in [0.2, 0.25) is 0 Å². The molecule has 0 fully saturated rings. The van der Waals surface area contributed by atoms with Crippen molar-refractivity contribution >= 4 is 24.9 Å². The lowest BCUT2D eigenvalue weighted by Gasteiger charge is -2.27. The maximum absolute atomic E-state index is 11.9. The molecule has 138 valence electrons. The first-order valence-electron chi connectivity index (χ1n) is 9.21. The van der Waals surface area contributed by atoms with Gasteiger partial charge in [-0.2, -0.15) is 0 Å². The molecule has 0 saturated carbocycles. The van der Waals surface area contributed by atoms with Crippen LogP contribution in [0.25, 0.3) is 0 Å². The maximum Gasteiger partial charge on any atom is 0.573 e. The van der Waals surface area contributed by atoms with Crippen molar-refractivity contribution < 1.29 is 18.1 Å². The number of hydrogen-bond donors (Lipinski definition) is 0. The maximum atomic E-state index is 11.9. The second kappa shape index (κ2) is 15.6. The monoisotopic (exact) mass is 364 g/mol. The van der Waals surface area contributed by atoms with Gasteiger partial charge in [0.25, 0.3) is 0 Å². The van der Waals surface area contributed by atoms with Crippen molar-refractivity contribution in [1.29, 1.82) is 0 Å². The van der Waals surface area contributed by atoms with Gasteiger partial charge in [-0.1, -0.05) is 43.8 Å². The Morgan fingerprint density at radius 3 is 1.83 bits per heavy atom. The summed E-state index contributed by atoms with van der Waals surface area (Å²) in [5.41, 5.74) is 0. The van der Waals surface area contributed by atoms with Crippen molar-refractivity contribution in [2.24, 2.45) is 0 Å². The molecular formula is C17H36O4SSi. The van der Waals surface area contributed by atoms with Gasteiger partial charge in [-0.05, 0) is 39.4 Å². The topological polar surface area (TPSA) is 44.8 Å². The summed E-state index contributed by atoms with van der Waals surface area (Å²) >= 11 is 1.64. The van der Waals surface area contributed by atoms with Crippen molar-refractivity contribution in [3.05, 3.63) is 0 Å². The summed E-state index contributed by atoms with van der Waals surface area (Å²) < 4.78 is 17.4. The molecule has 0 saturated heterocycles. The molecule has 0 aliphatic carbocycles. The van der Waals surface area contributed by atoms with E-state index in [4.69, 9.17) is 13.3 Å². The van der Waals surface area contributed by atoms with E-state index in [2.05, 4.69) is 6.92 Å². The zero-order chi connectivity index (χ0) is 17.4. The van der Waals surface area contributed by atoms with Gasteiger partial charge in [0.05, 0.1) is 0 Å². The predicted molar refractivity (Wildman–Crippen MR) is 101 cm³/mol. The highest BCUT2D eigenvalue weighted by molar-refractivity contribution is 8.26. The molecule has 0 spiro atoms. The van der Waals surface area contributed by atoms with E-state index in [1.807, 2.05) is 20.8 Å². The third-order valence-corrected chi connectivity index (χ3v) is 8.91. The van der Waals surface area contributed by atoms with Gasteiger partial charge in [0.2, 0.25) is 0 Å². The Kier molecular flexibility index (Phi) is 15.7. The lowest BCUT2D eigenvalue weighted by Crippen LogP contribution is -2.43. The molecule has 23 heavy (non-hydrogen) atoms. The summed E-state index contributed by atoms with van der Waals surface area (Å²) in [5, 5.41) is 0. The molecular weight excluding hydrogens is 328 g/mol. The number of carbonyl (C=O) groups excluding carboxylic acids is 1. The molecule has 0 rings (SSSR count). The van der Waals surface area contributed by atoms with Gasteiger partial charge in [0.15, 0.2) is 0 Å². The van der Waals surface area contributed by atoms with Crippen LogP contribution in [-0.4, -0.2) is 39.3 Å². The zero-order valence-electron chi connectivity index (χ0n) is 15.5. The number of ketones is 1. The fourth-order valence-corrected chi connectivity index (χ4v) is 7.39. The number of rotatable bonds is 17. The molecule has 0 aromatic heterocycles. The van der Waals surface area contributed by atoms with Crippen LogP contribution >= 0.6 is 11.2 Å². The fraction of sp³-hybridized carbons (Fsp3) is 0.941. The van der Waals surface area contributed by atoms with Crippen LogP contribution < -0.4 is 0 Å². The minimum atomic E-state index is -2.60. The van der Waals surface area contributed by atoms with Gasteiger partial charge >= 0.3 is 7.95 Å². The SMILES string of the molecule is CCCCCCCC(=O)CCCS[Si](OCC)(OCC)OCC. The van der Waals surface area contributed by atoms with Gasteiger partial charge in [0, 0.05) is 32.7 Å². The van der Waals surface area contributed by atoms with E-state index in [1.54, 1.807) is 11.2 Å². The molecule has 0 aromatic carbocycles. The third kappa shape index (κ3) is 12.2. The number of carbonyl (C=O) groups is 1. The van der Waals surface area contributed by atoms with Crippen molar-refractivity contribution in [1.82, 2.24) is 0 Å². The molecule has 0 bridgehead atoms. The highest BCUT2D eigenvalue weighted by Crippen LogP contribution is 2.26. The van der Waals surface area contributed by atoms with E-state index in [9.17, 15) is 4.79 Å². The van der Waals surface area contributed by atoms with Gasteiger partial charge < -0.3 is 13.3 Å². The Bertz CT molecular complexity index is 273. The van der Waals surface area contributed by atoms with Gasteiger partial charge in [0.1, 0.15) is 5.78 Å². The average Bonchev–Trinajstić information content (AvgIpc) is 2.52. The second-order valence-corrected chi connectivity index (χ2v) is 10.4. The summed E-state index contributed by atoms with van der Waals surface area (Å²) in [6, 6.07) is 0. The fourth-order valence-electron chi connectivity index (χ4n) is 2.30. The smallest absolute Gasteiger partial charge is 0.366 e. The molecule has 0 aliphatic rings. The Hall–Kier alpha value is 0.117. The lowest BCUT2D eigenvalue weighted by atomic mass is 10.1. The van der Waals surface area contributed by atoms with Crippen LogP contribution in [0, 0.1) is 0 Å². The summed E-state index contributed by atoms with van der Waals surface area (Å²) in [7, 11) is -2.60. The summed E-state index contributed by atoms with van der Waals surface area (Å²) in [6.07, 6.45) is 8.28. The van der Waals surface area contributed by atoms with Crippen molar-refractivity contribution in [2.75, 3.05) is 25.6 Å². The molecule has 0 N–H and O–H groups in total. The number of hydrogen-bond acceptors (Lipinski definition) is 5. The quantitative estimate of drug-likeness (QED) is 0.269. The Balaban J connectivity index is 3.93. The first-order chi connectivity index (χ1) is 11.1. The molecule has 0 radical (unpaired) electrons. The van der Waals surface area contributed by atoms with E-state index in [0.29, 0.717) is 32.0 Å². The van der Waals surface area contributed by atoms with Crippen LogP contribution in [0.5, 0.6) is 0 Å². The largest absolute Gasteiger partial charge is 0.573 e. The standard InChI is InChI=1S/C17H36O4SSi/c1-5-9-10-11-12-14-17(18)15-13-16-22-23(19-6-2,20-7-3)21-8-4/h5-16H2,1-4H3. The normalized spacial score (nSPS) is 11.8. The summed E-state index contributed by atoms with van der Waals surface area (Å²) in [5.74, 6) is 1.24. The molecule has 0 amide bonds. The summed E-state index contributed by atoms with van der Waals surface area (Å²) in [4.78, 5) is 11.9. The van der Waals surface area contributed by atoms with Gasteiger partial charge in [-0.25, -0.2) is 0 Å². The van der Waals surface area contributed by atoms with Gasteiger partial charge in [-0.15, -0.1) is 0 Å². The molecule has 4 nitrogen and oxygen atoms in total. The van der Waals surface area contributed by atoms with E-state index in [-0.39, 0.29) is 0 Å². The van der Waals surface area contributed by atoms with Crippen LogP contribution in [0.1, 0.15) is 79.1 Å². The Morgan fingerprint density at radius 2 is 1.30 bits per heavy atom. The van der Waals surface area contributed by atoms with E-state index in [1.165, 1.54) is 25.7 Å². The minimum absolute atomic E-state index is 0.388. The molecule has 0 aliphatic heterocycles. The first kappa shape index (κ1) is 23.1. The second-order valence-electron chi connectivity index (χ2n) is 5.45. The Labute approximate surface area is 148 Å². The van der Waals surface area contributed by atoms with Gasteiger partial charge in [-0.3, -0.25) is 4.79 Å². The van der Waals surface area contributed by atoms with Crippen molar-refractivity contribution in [3.63, 3.8) is 0 Å². The van der Waals surface area contributed by atoms with Crippen LogP contribution in [0.15, 0.2) is 0 Å². The van der Waals surface area contributed by atoms with Crippen molar-refractivity contribution in [2.45, 2.75) is 79.1 Å². The van der Waals surface area contributed by atoms with Crippen LogP contribution in [0.3, 0.4) is 0 Å². The minimum Gasteiger partial charge on any atom is -0.366 e. The highest BCUT2D eigenvalue weighted by atomic mass is 32.4.